The maximum atomic E-state index is 12.6. The summed E-state index contributed by atoms with van der Waals surface area (Å²) in [6.07, 6.45) is -1.26. The molecule has 0 aliphatic carbocycles. The zero-order valence-electron chi connectivity index (χ0n) is 10.5. The average molecular weight is 328 g/mol. The van der Waals surface area contributed by atoms with Crippen molar-refractivity contribution in [2.45, 2.75) is 13.1 Å². The number of hydrogen-bond donors (Lipinski definition) is 0. The van der Waals surface area contributed by atoms with Gasteiger partial charge in [0.2, 0.25) is 0 Å². The van der Waals surface area contributed by atoms with Crippen molar-refractivity contribution in [3.8, 4) is 21.5 Å². The van der Waals surface area contributed by atoms with Gasteiger partial charge in [0.25, 0.3) is 0 Å². The molecule has 21 heavy (non-hydrogen) atoms. The summed E-state index contributed by atoms with van der Waals surface area (Å²) < 4.78 is 37.7. The van der Waals surface area contributed by atoms with Crippen molar-refractivity contribution in [1.29, 1.82) is 0 Å². The second-order valence-corrected chi connectivity index (χ2v) is 6.17. The van der Waals surface area contributed by atoms with E-state index in [4.69, 9.17) is 0 Å². The van der Waals surface area contributed by atoms with Gasteiger partial charge in [0.1, 0.15) is 10.7 Å². The van der Waals surface area contributed by atoms with Crippen LogP contribution in [0, 0.1) is 6.92 Å². The van der Waals surface area contributed by atoms with Crippen LogP contribution in [0.4, 0.5) is 13.2 Å². The van der Waals surface area contributed by atoms with E-state index in [1.165, 1.54) is 17.5 Å². The van der Waals surface area contributed by atoms with Gasteiger partial charge in [0.05, 0.1) is 0 Å². The molecular formula is C12H7F3N4S2. The van der Waals surface area contributed by atoms with Crippen LogP contribution in [0.15, 0.2) is 23.8 Å². The van der Waals surface area contributed by atoms with Crippen LogP contribution in [0.5, 0.6) is 0 Å². The van der Waals surface area contributed by atoms with E-state index in [0.29, 0.717) is 10.7 Å². The second-order valence-electron chi connectivity index (χ2n) is 4.08. The monoisotopic (exact) mass is 328 g/mol. The molecule has 0 aliphatic heterocycles. The largest absolute Gasteiger partial charge is 0.434 e. The Morgan fingerprint density at radius 1 is 1.10 bits per heavy atom. The molecule has 108 valence electrons. The summed E-state index contributed by atoms with van der Waals surface area (Å²) in [5.74, 6) is 0.167. The van der Waals surface area contributed by atoms with Crippen LogP contribution in [0.3, 0.4) is 0 Å². The van der Waals surface area contributed by atoms with Gasteiger partial charge in [-0.1, -0.05) is 0 Å². The maximum Gasteiger partial charge on any atom is 0.434 e. The van der Waals surface area contributed by atoms with Crippen LogP contribution in [0.2, 0.25) is 0 Å². The van der Waals surface area contributed by atoms with E-state index in [2.05, 4.69) is 19.9 Å². The highest BCUT2D eigenvalue weighted by molar-refractivity contribution is 7.15. The highest BCUT2D eigenvalue weighted by Crippen LogP contribution is 2.33. The number of alkyl halides is 3. The molecule has 0 atom stereocenters. The third kappa shape index (κ3) is 2.93. The quantitative estimate of drug-likeness (QED) is 0.712. The predicted octanol–water partition coefficient (Wildman–Crippen LogP) is 4.05. The molecule has 9 heteroatoms. The molecule has 3 heterocycles. The van der Waals surface area contributed by atoms with Gasteiger partial charge in [0.15, 0.2) is 16.5 Å². The molecule has 0 amide bonds. The molecule has 3 rings (SSSR count). The SMILES string of the molecule is Cc1cnc(-c2ccnc(-c3nc(C(F)(F)F)cs3)n2)s1. The Morgan fingerprint density at radius 2 is 1.90 bits per heavy atom. The van der Waals surface area contributed by atoms with Gasteiger partial charge in [-0.3, -0.25) is 0 Å². The lowest BCUT2D eigenvalue weighted by Gasteiger charge is -2.00. The molecule has 0 bridgehead atoms. The number of hydrogen-bond acceptors (Lipinski definition) is 6. The molecule has 0 saturated carbocycles. The Kier molecular flexibility index (Phi) is 3.46. The van der Waals surface area contributed by atoms with E-state index in [-0.39, 0.29) is 10.8 Å². The molecule has 3 aromatic heterocycles. The number of halogens is 3. The number of aromatic nitrogens is 4. The summed E-state index contributed by atoms with van der Waals surface area (Å²) in [5.41, 5.74) is -0.358. The van der Waals surface area contributed by atoms with E-state index in [1.807, 2.05) is 6.92 Å². The molecule has 0 fully saturated rings. The van der Waals surface area contributed by atoms with Gasteiger partial charge >= 0.3 is 6.18 Å². The minimum Gasteiger partial charge on any atom is -0.243 e. The summed E-state index contributed by atoms with van der Waals surface area (Å²) in [4.78, 5) is 17.0. The highest BCUT2D eigenvalue weighted by Gasteiger charge is 2.34. The molecule has 0 unspecified atom stereocenters. The third-order valence-corrected chi connectivity index (χ3v) is 4.26. The van der Waals surface area contributed by atoms with Crippen LogP contribution in [-0.2, 0) is 6.18 Å². The number of aryl methyl sites for hydroxylation is 1. The van der Waals surface area contributed by atoms with Crippen molar-refractivity contribution in [1.82, 2.24) is 19.9 Å². The highest BCUT2D eigenvalue weighted by atomic mass is 32.1. The Bertz CT molecular complexity index is 779. The molecule has 4 nitrogen and oxygen atoms in total. The molecule has 0 aromatic carbocycles. The summed E-state index contributed by atoms with van der Waals surface area (Å²) in [5, 5.41) is 1.79. The lowest BCUT2D eigenvalue weighted by molar-refractivity contribution is -0.140. The van der Waals surface area contributed by atoms with Gasteiger partial charge in [-0.05, 0) is 13.0 Å². The van der Waals surface area contributed by atoms with Crippen molar-refractivity contribution < 1.29 is 13.2 Å². The molecular weight excluding hydrogens is 321 g/mol. The molecule has 0 saturated heterocycles. The van der Waals surface area contributed by atoms with Crippen molar-refractivity contribution in [3.63, 3.8) is 0 Å². The normalized spacial score (nSPS) is 11.8. The Balaban J connectivity index is 1.98. The van der Waals surface area contributed by atoms with Crippen molar-refractivity contribution in [3.05, 3.63) is 34.4 Å². The molecule has 0 aliphatic rings. The van der Waals surface area contributed by atoms with E-state index in [9.17, 15) is 13.2 Å². The maximum absolute atomic E-state index is 12.6. The summed E-state index contributed by atoms with van der Waals surface area (Å²) in [6.45, 7) is 1.92. The first-order valence-electron chi connectivity index (χ1n) is 5.72. The van der Waals surface area contributed by atoms with Crippen LogP contribution >= 0.6 is 22.7 Å². The van der Waals surface area contributed by atoms with E-state index in [0.717, 1.165) is 21.6 Å². The first kappa shape index (κ1) is 14.1. The van der Waals surface area contributed by atoms with Crippen molar-refractivity contribution in [2.75, 3.05) is 0 Å². The van der Waals surface area contributed by atoms with E-state index in [1.54, 1.807) is 12.3 Å². The van der Waals surface area contributed by atoms with Crippen molar-refractivity contribution >= 4 is 22.7 Å². The van der Waals surface area contributed by atoms with E-state index < -0.39 is 11.9 Å². The standard InChI is InChI=1S/C12H7F3N4S2/c1-6-4-17-10(21-6)7-2-3-16-9(18-7)11-19-8(5-20-11)12(13,14)15/h2-5H,1H3. The van der Waals surface area contributed by atoms with Crippen molar-refractivity contribution in [2.24, 2.45) is 0 Å². The second kappa shape index (κ2) is 5.15. The summed E-state index contributed by atoms with van der Waals surface area (Å²) >= 11 is 2.32. The fourth-order valence-electron chi connectivity index (χ4n) is 1.56. The number of thiazole rings is 2. The molecule has 0 radical (unpaired) electrons. The zero-order valence-corrected chi connectivity index (χ0v) is 12.2. The summed E-state index contributed by atoms with van der Waals surface area (Å²) in [7, 11) is 0. The smallest absolute Gasteiger partial charge is 0.243 e. The minimum absolute atomic E-state index is 0.137. The Labute approximate surface area is 125 Å². The third-order valence-electron chi connectivity index (χ3n) is 2.48. The van der Waals surface area contributed by atoms with Gasteiger partial charge < -0.3 is 0 Å². The lowest BCUT2D eigenvalue weighted by Crippen LogP contribution is -2.05. The van der Waals surface area contributed by atoms with Gasteiger partial charge in [0, 0.05) is 22.7 Å². The van der Waals surface area contributed by atoms with Crippen LogP contribution in [0.25, 0.3) is 21.5 Å². The topological polar surface area (TPSA) is 51.6 Å². The zero-order chi connectivity index (χ0) is 15.0. The average Bonchev–Trinajstić information content (AvgIpc) is 3.07. The first-order chi connectivity index (χ1) is 9.93. The lowest BCUT2D eigenvalue weighted by atomic mass is 10.4. The first-order valence-corrected chi connectivity index (χ1v) is 7.42. The number of rotatable bonds is 2. The molecule has 0 spiro atoms. The summed E-state index contributed by atoms with van der Waals surface area (Å²) in [6, 6.07) is 1.67. The van der Waals surface area contributed by atoms with Gasteiger partial charge in [-0.2, -0.15) is 13.2 Å². The Hall–Kier alpha value is -1.87. The molecule has 0 N–H and O–H groups in total. The van der Waals surface area contributed by atoms with Gasteiger partial charge in [-0.15, -0.1) is 22.7 Å². The van der Waals surface area contributed by atoms with Crippen LogP contribution in [-0.4, -0.2) is 19.9 Å². The van der Waals surface area contributed by atoms with E-state index >= 15 is 0 Å². The predicted molar refractivity (Wildman–Crippen MR) is 74.0 cm³/mol. The molecule has 3 aromatic rings. The Morgan fingerprint density at radius 3 is 2.52 bits per heavy atom. The number of nitrogens with zero attached hydrogens (tertiary/aromatic N) is 4. The fraction of sp³-hybridized carbons (Fsp3) is 0.167. The van der Waals surface area contributed by atoms with Crippen LogP contribution < -0.4 is 0 Å². The van der Waals surface area contributed by atoms with Gasteiger partial charge in [-0.25, -0.2) is 19.9 Å². The van der Waals surface area contributed by atoms with Crippen LogP contribution in [0.1, 0.15) is 10.6 Å². The minimum atomic E-state index is -4.46. The fourth-order valence-corrected chi connectivity index (χ4v) is 3.06.